The van der Waals surface area contributed by atoms with Gasteiger partial charge in [0.1, 0.15) is 11.4 Å². The number of nitrogens with one attached hydrogen (secondary N) is 2. The molecule has 0 aliphatic carbocycles. The normalized spacial score (nSPS) is 10.4. The fourth-order valence-corrected chi connectivity index (χ4v) is 2.89. The van der Waals surface area contributed by atoms with E-state index >= 15 is 0 Å². The summed E-state index contributed by atoms with van der Waals surface area (Å²) in [4.78, 5) is 21.3. The van der Waals surface area contributed by atoms with Crippen molar-refractivity contribution in [3.05, 3.63) is 76.1 Å². The highest BCUT2D eigenvalue weighted by atomic mass is 35.5. The molecule has 3 rings (SSSR count). The Morgan fingerprint density at radius 3 is 2.68 bits per heavy atom. The number of hydrogen-bond donors (Lipinski definition) is 2. The molecule has 7 heteroatoms. The maximum atomic E-state index is 12.6. The van der Waals surface area contributed by atoms with Gasteiger partial charge in [0.2, 0.25) is 5.95 Å². The van der Waals surface area contributed by atoms with Gasteiger partial charge >= 0.3 is 0 Å². The number of methoxy groups -OCH3 is 1. The maximum absolute atomic E-state index is 12.6. The number of aryl methyl sites for hydroxylation is 1. The van der Waals surface area contributed by atoms with Crippen molar-refractivity contribution in [1.29, 1.82) is 0 Å². The van der Waals surface area contributed by atoms with E-state index in [1.165, 1.54) is 0 Å². The van der Waals surface area contributed by atoms with E-state index < -0.39 is 0 Å². The molecule has 0 fully saturated rings. The number of para-hydroxylation sites is 1. The first-order valence-electron chi connectivity index (χ1n) is 8.76. The van der Waals surface area contributed by atoms with E-state index in [4.69, 9.17) is 16.3 Å². The second-order valence-electron chi connectivity index (χ2n) is 6.25. The van der Waals surface area contributed by atoms with Crippen LogP contribution in [0.25, 0.3) is 0 Å². The number of benzene rings is 2. The summed E-state index contributed by atoms with van der Waals surface area (Å²) in [6, 6.07) is 14.7. The van der Waals surface area contributed by atoms with E-state index in [0.29, 0.717) is 23.2 Å². The molecule has 1 amide bonds. The summed E-state index contributed by atoms with van der Waals surface area (Å²) in [7, 11) is 1.60. The summed E-state index contributed by atoms with van der Waals surface area (Å²) in [5, 5.41) is 6.65. The van der Waals surface area contributed by atoms with Crippen LogP contribution in [0.4, 0.5) is 11.6 Å². The standard InChI is InChI=1S/C21H21ClN4O2/c1-13-11-18(20(27)23-12-15-7-4-5-10-19(15)28-3)26-21(24-13)25-17-9-6-8-16(22)14(17)2/h4-11H,12H2,1-3H3,(H,23,27)(H,24,25,26). The zero-order chi connectivity index (χ0) is 20.1. The maximum Gasteiger partial charge on any atom is 0.270 e. The quantitative estimate of drug-likeness (QED) is 0.644. The van der Waals surface area contributed by atoms with Crippen LogP contribution in [0.1, 0.15) is 27.3 Å². The predicted octanol–water partition coefficient (Wildman–Crippen LogP) is 4.43. The molecule has 0 saturated carbocycles. The Morgan fingerprint density at radius 2 is 1.89 bits per heavy atom. The number of amides is 1. The Bertz CT molecular complexity index is 1010. The van der Waals surface area contributed by atoms with Crippen molar-refractivity contribution >= 4 is 29.1 Å². The molecular weight excluding hydrogens is 376 g/mol. The molecule has 2 aromatic carbocycles. The molecule has 0 unspecified atom stereocenters. The first-order valence-corrected chi connectivity index (χ1v) is 9.13. The first kappa shape index (κ1) is 19.6. The number of rotatable bonds is 6. The molecule has 0 spiro atoms. The highest BCUT2D eigenvalue weighted by Crippen LogP contribution is 2.25. The van der Waals surface area contributed by atoms with Gasteiger partial charge in [-0.05, 0) is 43.7 Å². The van der Waals surface area contributed by atoms with E-state index in [9.17, 15) is 4.79 Å². The second kappa shape index (κ2) is 8.71. The van der Waals surface area contributed by atoms with Gasteiger partial charge in [-0.2, -0.15) is 0 Å². The molecular formula is C21H21ClN4O2. The monoisotopic (exact) mass is 396 g/mol. The number of nitrogens with zero attached hydrogens (tertiary/aromatic N) is 2. The third-order valence-electron chi connectivity index (χ3n) is 4.23. The van der Waals surface area contributed by atoms with Crippen molar-refractivity contribution in [3.63, 3.8) is 0 Å². The van der Waals surface area contributed by atoms with Gasteiger partial charge in [0.05, 0.1) is 7.11 Å². The van der Waals surface area contributed by atoms with Crippen LogP contribution in [-0.2, 0) is 6.54 Å². The van der Waals surface area contributed by atoms with E-state index in [1.54, 1.807) is 13.2 Å². The molecule has 144 valence electrons. The molecule has 0 radical (unpaired) electrons. The molecule has 28 heavy (non-hydrogen) atoms. The lowest BCUT2D eigenvalue weighted by molar-refractivity contribution is 0.0945. The van der Waals surface area contributed by atoms with Crippen LogP contribution in [0.5, 0.6) is 5.75 Å². The van der Waals surface area contributed by atoms with Crippen molar-refractivity contribution in [2.45, 2.75) is 20.4 Å². The van der Waals surface area contributed by atoms with E-state index in [2.05, 4.69) is 20.6 Å². The van der Waals surface area contributed by atoms with Gasteiger partial charge in [-0.3, -0.25) is 4.79 Å². The summed E-state index contributed by atoms with van der Waals surface area (Å²) < 4.78 is 5.31. The molecule has 1 aromatic heterocycles. The summed E-state index contributed by atoms with van der Waals surface area (Å²) in [6.07, 6.45) is 0. The van der Waals surface area contributed by atoms with Gasteiger partial charge in [-0.1, -0.05) is 35.9 Å². The molecule has 0 saturated heterocycles. The van der Waals surface area contributed by atoms with Gasteiger partial charge in [0, 0.05) is 28.5 Å². The van der Waals surface area contributed by atoms with E-state index in [0.717, 1.165) is 22.6 Å². The second-order valence-corrected chi connectivity index (χ2v) is 6.66. The fourth-order valence-electron chi connectivity index (χ4n) is 2.72. The van der Waals surface area contributed by atoms with Crippen molar-refractivity contribution in [1.82, 2.24) is 15.3 Å². The third-order valence-corrected chi connectivity index (χ3v) is 4.64. The minimum absolute atomic E-state index is 0.282. The average Bonchev–Trinajstić information content (AvgIpc) is 2.69. The molecule has 0 aliphatic heterocycles. The van der Waals surface area contributed by atoms with E-state index in [-0.39, 0.29) is 11.6 Å². The number of carbonyl (C=O) groups is 1. The number of anilines is 2. The lowest BCUT2D eigenvalue weighted by Gasteiger charge is -2.12. The zero-order valence-corrected chi connectivity index (χ0v) is 16.7. The molecule has 1 heterocycles. The number of hydrogen-bond acceptors (Lipinski definition) is 5. The van der Waals surface area contributed by atoms with Gasteiger partial charge in [-0.15, -0.1) is 0 Å². The summed E-state index contributed by atoms with van der Waals surface area (Å²) in [6.45, 7) is 4.05. The van der Waals surface area contributed by atoms with Crippen LogP contribution in [0.15, 0.2) is 48.5 Å². The van der Waals surface area contributed by atoms with Gasteiger partial charge in [-0.25, -0.2) is 9.97 Å². The van der Waals surface area contributed by atoms with Crippen LogP contribution in [-0.4, -0.2) is 23.0 Å². The molecule has 0 atom stereocenters. The lowest BCUT2D eigenvalue weighted by atomic mass is 10.2. The van der Waals surface area contributed by atoms with Crippen molar-refractivity contribution in [2.24, 2.45) is 0 Å². The predicted molar refractivity (Wildman–Crippen MR) is 110 cm³/mol. The number of halogens is 1. The third kappa shape index (κ3) is 4.58. The Morgan fingerprint density at radius 1 is 1.11 bits per heavy atom. The van der Waals surface area contributed by atoms with Crippen LogP contribution < -0.4 is 15.4 Å². The van der Waals surface area contributed by atoms with Crippen molar-refractivity contribution in [2.75, 3.05) is 12.4 Å². The topological polar surface area (TPSA) is 76.1 Å². The Labute approximate surface area is 168 Å². The zero-order valence-electron chi connectivity index (χ0n) is 15.9. The minimum atomic E-state index is -0.290. The van der Waals surface area contributed by atoms with Gasteiger partial charge < -0.3 is 15.4 Å². The van der Waals surface area contributed by atoms with Gasteiger partial charge in [0.15, 0.2) is 0 Å². The van der Waals surface area contributed by atoms with Gasteiger partial charge in [0.25, 0.3) is 5.91 Å². The number of aromatic nitrogens is 2. The lowest BCUT2D eigenvalue weighted by Crippen LogP contribution is -2.24. The van der Waals surface area contributed by atoms with Crippen LogP contribution in [0.3, 0.4) is 0 Å². The number of ether oxygens (including phenoxy) is 1. The van der Waals surface area contributed by atoms with Crippen molar-refractivity contribution in [3.8, 4) is 5.75 Å². The Hall–Kier alpha value is -3.12. The molecule has 0 bridgehead atoms. The van der Waals surface area contributed by atoms with Crippen LogP contribution in [0.2, 0.25) is 5.02 Å². The Balaban J connectivity index is 1.77. The minimum Gasteiger partial charge on any atom is -0.496 e. The summed E-state index contributed by atoms with van der Waals surface area (Å²) in [5.74, 6) is 0.774. The molecule has 0 aliphatic rings. The summed E-state index contributed by atoms with van der Waals surface area (Å²) >= 11 is 6.16. The molecule has 3 aromatic rings. The van der Waals surface area contributed by atoms with Crippen LogP contribution in [0, 0.1) is 13.8 Å². The fraction of sp³-hybridized carbons (Fsp3) is 0.190. The molecule has 6 nitrogen and oxygen atoms in total. The highest BCUT2D eigenvalue weighted by molar-refractivity contribution is 6.31. The van der Waals surface area contributed by atoms with Crippen molar-refractivity contribution < 1.29 is 9.53 Å². The smallest absolute Gasteiger partial charge is 0.270 e. The largest absolute Gasteiger partial charge is 0.496 e. The number of carbonyl (C=O) groups excluding carboxylic acids is 1. The highest BCUT2D eigenvalue weighted by Gasteiger charge is 2.13. The summed E-state index contributed by atoms with van der Waals surface area (Å²) in [5.41, 5.74) is 3.52. The van der Waals surface area contributed by atoms with E-state index in [1.807, 2.05) is 56.3 Å². The molecule has 2 N–H and O–H groups in total. The Kier molecular flexibility index (Phi) is 6.11. The SMILES string of the molecule is COc1ccccc1CNC(=O)c1cc(C)nc(Nc2cccc(Cl)c2C)n1. The average molecular weight is 397 g/mol. The first-order chi connectivity index (χ1) is 13.5. The van der Waals surface area contributed by atoms with Crippen LogP contribution >= 0.6 is 11.6 Å².